The van der Waals surface area contributed by atoms with Crippen LogP contribution < -0.4 is 0 Å². The van der Waals surface area contributed by atoms with E-state index in [2.05, 4.69) is 18.0 Å². The van der Waals surface area contributed by atoms with Crippen molar-refractivity contribution >= 4 is 5.78 Å². The zero-order chi connectivity index (χ0) is 11.8. The molecule has 1 aliphatic rings. The summed E-state index contributed by atoms with van der Waals surface area (Å²) in [7, 11) is 0. The molecule has 0 unspecified atom stereocenters. The fraction of sp³-hybridized carbons (Fsp3) is 0.200. The highest BCUT2D eigenvalue weighted by atomic mass is 16.1. The average Bonchev–Trinajstić information content (AvgIpc) is 2.50. The summed E-state index contributed by atoms with van der Waals surface area (Å²) in [4.78, 5) is 16.5. The Morgan fingerprint density at radius 3 is 2.88 bits per heavy atom. The lowest BCUT2D eigenvalue weighted by Gasteiger charge is -2.07. The first-order chi connectivity index (χ1) is 8.27. The molecule has 0 atom stereocenters. The molecule has 2 heteroatoms. The lowest BCUT2D eigenvalue weighted by Crippen LogP contribution is -2.05. The molecule has 0 spiro atoms. The number of carbonyl (C=O) groups excluding carboxylic acids is 1. The van der Waals surface area contributed by atoms with Crippen molar-refractivity contribution in [2.24, 2.45) is 0 Å². The number of ketones is 1. The number of carbonyl (C=O) groups is 1. The molecule has 0 fully saturated rings. The van der Waals surface area contributed by atoms with Crippen molar-refractivity contribution in [2.75, 3.05) is 0 Å². The normalized spacial score (nSPS) is 13.8. The Bertz CT molecular complexity index is 602. The molecule has 0 bridgehead atoms. The highest BCUT2D eigenvalue weighted by molar-refractivity contribution is 6.11. The Hall–Kier alpha value is -1.96. The third-order valence-corrected chi connectivity index (χ3v) is 3.46. The lowest BCUT2D eigenvalue weighted by molar-refractivity contribution is 0.103. The molecule has 1 heterocycles. The van der Waals surface area contributed by atoms with E-state index in [1.165, 1.54) is 11.1 Å². The topological polar surface area (TPSA) is 30.0 Å². The molecule has 1 aliphatic carbocycles. The van der Waals surface area contributed by atoms with Crippen LogP contribution in [-0.4, -0.2) is 10.8 Å². The van der Waals surface area contributed by atoms with Crippen LogP contribution in [-0.2, 0) is 12.8 Å². The van der Waals surface area contributed by atoms with E-state index in [0.717, 1.165) is 29.5 Å². The molecule has 2 aromatic rings. The fourth-order valence-electron chi connectivity index (χ4n) is 2.50. The molecular formula is C15H13NO. The summed E-state index contributed by atoms with van der Waals surface area (Å²) in [5, 5.41) is 0. The van der Waals surface area contributed by atoms with E-state index in [1.807, 2.05) is 18.2 Å². The number of hydrogen-bond donors (Lipinski definition) is 0. The second-order valence-electron chi connectivity index (χ2n) is 4.46. The van der Waals surface area contributed by atoms with Crippen LogP contribution in [0.25, 0.3) is 0 Å². The van der Waals surface area contributed by atoms with Gasteiger partial charge in [-0.05, 0) is 42.5 Å². The van der Waals surface area contributed by atoms with Gasteiger partial charge >= 0.3 is 0 Å². The second-order valence-corrected chi connectivity index (χ2v) is 4.46. The van der Waals surface area contributed by atoms with Crippen LogP contribution in [0.5, 0.6) is 0 Å². The van der Waals surface area contributed by atoms with Gasteiger partial charge in [0.2, 0.25) is 0 Å². The van der Waals surface area contributed by atoms with Gasteiger partial charge in [-0.1, -0.05) is 18.2 Å². The molecule has 1 aromatic heterocycles. The van der Waals surface area contributed by atoms with Crippen LogP contribution in [0.4, 0.5) is 0 Å². The minimum Gasteiger partial charge on any atom is -0.289 e. The third kappa shape index (κ3) is 1.57. The summed E-state index contributed by atoms with van der Waals surface area (Å²) in [6.07, 6.45) is 5.30. The van der Waals surface area contributed by atoms with Gasteiger partial charge in [-0.15, -0.1) is 0 Å². The zero-order valence-corrected chi connectivity index (χ0v) is 9.73. The molecule has 17 heavy (non-hydrogen) atoms. The summed E-state index contributed by atoms with van der Waals surface area (Å²) in [6, 6.07) is 7.90. The highest BCUT2D eigenvalue weighted by Gasteiger charge is 2.21. The Kier molecular flexibility index (Phi) is 2.29. The Morgan fingerprint density at radius 1 is 1.12 bits per heavy atom. The van der Waals surface area contributed by atoms with Crippen LogP contribution in [0.2, 0.25) is 0 Å². The summed E-state index contributed by atoms with van der Waals surface area (Å²) >= 11 is 0. The molecule has 0 aliphatic heterocycles. The summed E-state index contributed by atoms with van der Waals surface area (Å²) < 4.78 is 0. The average molecular weight is 223 g/mol. The first-order valence-electron chi connectivity index (χ1n) is 5.83. The molecule has 0 saturated carbocycles. The van der Waals surface area contributed by atoms with Crippen LogP contribution in [0.15, 0.2) is 36.7 Å². The van der Waals surface area contributed by atoms with Crippen LogP contribution >= 0.6 is 0 Å². The predicted molar refractivity (Wildman–Crippen MR) is 66.3 cm³/mol. The van der Waals surface area contributed by atoms with Gasteiger partial charge in [0, 0.05) is 23.5 Å². The van der Waals surface area contributed by atoms with Gasteiger partial charge in [0.25, 0.3) is 0 Å². The van der Waals surface area contributed by atoms with Gasteiger partial charge in [0.15, 0.2) is 5.78 Å². The van der Waals surface area contributed by atoms with E-state index in [-0.39, 0.29) is 5.78 Å². The van der Waals surface area contributed by atoms with Crippen molar-refractivity contribution in [1.82, 2.24) is 4.98 Å². The largest absolute Gasteiger partial charge is 0.289 e. The molecule has 1 aromatic carbocycles. The summed E-state index contributed by atoms with van der Waals surface area (Å²) in [5.41, 5.74) is 5.11. The van der Waals surface area contributed by atoms with Crippen molar-refractivity contribution in [1.29, 1.82) is 0 Å². The standard InChI is InChI=1S/C15H13NO/c1-10-3-2-4-13-12(10)6-5-11-7-8-16-9-14(11)15(13)17/h2-4,7-9H,5-6H2,1H3. The summed E-state index contributed by atoms with van der Waals surface area (Å²) in [6.45, 7) is 2.07. The van der Waals surface area contributed by atoms with Crippen molar-refractivity contribution in [3.63, 3.8) is 0 Å². The smallest absolute Gasteiger partial charge is 0.195 e. The van der Waals surface area contributed by atoms with Gasteiger partial charge in [0.05, 0.1) is 0 Å². The first-order valence-corrected chi connectivity index (χ1v) is 5.83. The number of aryl methyl sites for hydroxylation is 2. The van der Waals surface area contributed by atoms with Crippen molar-refractivity contribution in [2.45, 2.75) is 19.8 Å². The third-order valence-electron chi connectivity index (χ3n) is 3.46. The highest BCUT2D eigenvalue weighted by Crippen LogP contribution is 2.25. The van der Waals surface area contributed by atoms with E-state index < -0.39 is 0 Å². The number of nitrogens with zero attached hydrogens (tertiary/aromatic N) is 1. The number of benzene rings is 1. The quantitative estimate of drug-likeness (QED) is 0.687. The SMILES string of the molecule is Cc1cccc2c1CCc1ccncc1C2=O. The zero-order valence-electron chi connectivity index (χ0n) is 9.73. The molecule has 0 N–H and O–H groups in total. The minimum absolute atomic E-state index is 0.115. The van der Waals surface area contributed by atoms with Crippen LogP contribution in [0.3, 0.4) is 0 Å². The number of hydrogen-bond acceptors (Lipinski definition) is 2. The van der Waals surface area contributed by atoms with Gasteiger partial charge in [0.1, 0.15) is 0 Å². The van der Waals surface area contributed by atoms with Crippen molar-refractivity contribution < 1.29 is 4.79 Å². The number of pyridine rings is 1. The predicted octanol–water partition coefficient (Wildman–Crippen LogP) is 2.72. The molecular weight excluding hydrogens is 210 g/mol. The minimum atomic E-state index is 0.115. The van der Waals surface area contributed by atoms with Crippen molar-refractivity contribution in [3.8, 4) is 0 Å². The van der Waals surface area contributed by atoms with E-state index in [4.69, 9.17) is 0 Å². The fourth-order valence-corrected chi connectivity index (χ4v) is 2.50. The number of rotatable bonds is 0. The van der Waals surface area contributed by atoms with Gasteiger partial charge < -0.3 is 0 Å². The molecule has 2 nitrogen and oxygen atoms in total. The maximum atomic E-state index is 12.4. The Morgan fingerprint density at radius 2 is 2.00 bits per heavy atom. The van der Waals surface area contributed by atoms with Crippen LogP contribution in [0, 0.1) is 6.92 Å². The number of aromatic nitrogens is 1. The van der Waals surface area contributed by atoms with Gasteiger partial charge in [-0.3, -0.25) is 9.78 Å². The van der Waals surface area contributed by atoms with E-state index in [9.17, 15) is 4.79 Å². The Labute approximate surface area is 100 Å². The number of fused-ring (bicyclic) bond motifs is 2. The summed E-state index contributed by atoms with van der Waals surface area (Å²) in [5.74, 6) is 0.115. The van der Waals surface area contributed by atoms with E-state index in [0.29, 0.717) is 0 Å². The molecule has 0 saturated heterocycles. The Balaban J connectivity index is 2.24. The molecule has 84 valence electrons. The van der Waals surface area contributed by atoms with Crippen LogP contribution in [0.1, 0.15) is 32.6 Å². The maximum Gasteiger partial charge on any atom is 0.195 e. The van der Waals surface area contributed by atoms with Gasteiger partial charge in [-0.25, -0.2) is 0 Å². The second kappa shape index (κ2) is 3.81. The lowest BCUT2D eigenvalue weighted by atomic mass is 9.96. The van der Waals surface area contributed by atoms with E-state index in [1.54, 1.807) is 12.4 Å². The van der Waals surface area contributed by atoms with Crippen molar-refractivity contribution in [3.05, 3.63) is 64.5 Å². The van der Waals surface area contributed by atoms with Gasteiger partial charge in [-0.2, -0.15) is 0 Å². The first kappa shape index (κ1) is 10.2. The molecule has 0 amide bonds. The maximum absolute atomic E-state index is 12.4. The monoisotopic (exact) mass is 223 g/mol. The molecule has 0 radical (unpaired) electrons. The molecule has 3 rings (SSSR count). The van der Waals surface area contributed by atoms with E-state index >= 15 is 0 Å².